The molecule has 1 amide bonds. The maximum absolute atomic E-state index is 13.5. The summed E-state index contributed by atoms with van der Waals surface area (Å²) in [6.07, 6.45) is 0. The van der Waals surface area contributed by atoms with Gasteiger partial charge in [0.2, 0.25) is 0 Å². The Morgan fingerprint density at radius 2 is 1.86 bits per heavy atom. The predicted octanol–water partition coefficient (Wildman–Crippen LogP) is 6.59. The molecule has 182 valence electrons. The van der Waals surface area contributed by atoms with E-state index in [2.05, 4.69) is 0 Å². The molecule has 1 unspecified atom stereocenters. The van der Waals surface area contributed by atoms with Crippen molar-refractivity contribution in [2.45, 2.75) is 26.8 Å². The summed E-state index contributed by atoms with van der Waals surface area (Å²) in [6, 6.07) is 16.8. The number of anilines is 1. The Labute approximate surface area is 217 Å². The first-order valence-corrected chi connectivity index (χ1v) is 12.7. The number of hydrogen-bond acceptors (Lipinski definition) is 6. The van der Waals surface area contributed by atoms with Crippen LogP contribution in [0.15, 0.2) is 66.2 Å². The van der Waals surface area contributed by atoms with Crippen molar-refractivity contribution in [3.63, 3.8) is 0 Å². The molecule has 2 heterocycles. The molecule has 1 aliphatic heterocycles. The number of ether oxygens (including phenoxy) is 1. The second kappa shape index (κ2) is 9.41. The van der Waals surface area contributed by atoms with Gasteiger partial charge >= 0.3 is 5.91 Å². The zero-order valence-corrected chi connectivity index (χ0v) is 21.5. The van der Waals surface area contributed by atoms with E-state index in [1.54, 1.807) is 36.4 Å². The molecule has 36 heavy (non-hydrogen) atoms. The summed E-state index contributed by atoms with van der Waals surface area (Å²) < 4.78 is 6.60. The number of aliphatic hydroxyl groups excluding tert-OH is 1. The second-order valence-corrected chi connectivity index (χ2v) is 10.1. The van der Waals surface area contributed by atoms with Crippen molar-refractivity contribution in [2.75, 3.05) is 11.5 Å². The highest BCUT2D eigenvalue weighted by Crippen LogP contribution is 2.45. The molecule has 0 bridgehead atoms. The van der Waals surface area contributed by atoms with Gasteiger partial charge in [0, 0.05) is 10.6 Å². The zero-order valence-electron chi connectivity index (χ0n) is 19.9. The lowest BCUT2D eigenvalue weighted by molar-refractivity contribution is -0.132. The highest BCUT2D eigenvalue weighted by Gasteiger charge is 2.48. The van der Waals surface area contributed by atoms with Crippen LogP contribution in [0, 0.1) is 13.8 Å². The molecule has 1 aromatic heterocycles. The average Bonchev–Trinajstić information content (AvgIpc) is 3.38. The van der Waals surface area contributed by atoms with Crippen molar-refractivity contribution in [1.82, 2.24) is 4.98 Å². The molecule has 1 atom stereocenters. The van der Waals surface area contributed by atoms with Crippen molar-refractivity contribution < 1.29 is 19.4 Å². The quantitative estimate of drug-likeness (QED) is 0.183. The highest BCUT2D eigenvalue weighted by molar-refractivity contribution is 7.22. The van der Waals surface area contributed by atoms with Gasteiger partial charge < -0.3 is 9.84 Å². The van der Waals surface area contributed by atoms with Crippen molar-refractivity contribution >= 4 is 55.7 Å². The molecule has 1 N–H and O–H groups in total. The predicted molar refractivity (Wildman–Crippen MR) is 143 cm³/mol. The van der Waals surface area contributed by atoms with Crippen molar-refractivity contribution in [1.29, 1.82) is 0 Å². The summed E-state index contributed by atoms with van der Waals surface area (Å²) in [5.74, 6) is -1.19. The lowest BCUT2D eigenvalue weighted by atomic mass is 9.95. The molecule has 6 nitrogen and oxygen atoms in total. The highest BCUT2D eigenvalue weighted by atomic mass is 35.5. The number of carbonyl (C=O) groups excluding carboxylic acids is 2. The number of amides is 1. The van der Waals surface area contributed by atoms with E-state index in [4.69, 9.17) is 21.3 Å². The Kier molecular flexibility index (Phi) is 6.28. The molecule has 1 aliphatic rings. The number of aryl methyl sites for hydroxylation is 2. The fraction of sp³-hybridized carbons (Fsp3) is 0.179. The third kappa shape index (κ3) is 4.14. The van der Waals surface area contributed by atoms with Crippen molar-refractivity contribution in [3.05, 3.63) is 93.5 Å². The molecule has 1 fully saturated rings. The molecular formula is C28H23ClN2O4S. The molecule has 0 aliphatic carbocycles. The number of Topliss-reactive ketones (excluding diaryl/α,β-unsaturated/α-hetero) is 1. The minimum absolute atomic E-state index is 0.0110. The fourth-order valence-corrected chi connectivity index (χ4v) is 5.81. The number of benzene rings is 3. The minimum atomic E-state index is -0.886. The van der Waals surface area contributed by atoms with E-state index in [-0.39, 0.29) is 11.3 Å². The molecule has 1 saturated heterocycles. The molecule has 3 aromatic carbocycles. The first-order valence-electron chi connectivity index (χ1n) is 11.5. The minimum Gasteiger partial charge on any atom is -0.507 e. The Morgan fingerprint density at radius 3 is 2.58 bits per heavy atom. The lowest BCUT2D eigenvalue weighted by Gasteiger charge is -2.23. The van der Waals surface area contributed by atoms with Gasteiger partial charge in [-0.15, -0.1) is 0 Å². The van der Waals surface area contributed by atoms with Gasteiger partial charge in [0.15, 0.2) is 5.13 Å². The zero-order chi connectivity index (χ0) is 25.6. The van der Waals surface area contributed by atoms with Crippen LogP contribution in [-0.2, 0) is 9.59 Å². The number of thiazole rings is 1. The molecule has 4 aromatic rings. The van der Waals surface area contributed by atoms with E-state index in [0.717, 1.165) is 21.3 Å². The summed E-state index contributed by atoms with van der Waals surface area (Å²) in [6.45, 7) is 6.32. The summed E-state index contributed by atoms with van der Waals surface area (Å²) in [7, 11) is 0. The number of nitrogens with zero attached hydrogens (tertiary/aromatic N) is 2. The van der Waals surface area contributed by atoms with E-state index < -0.39 is 17.7 Å². The van der Waals surface area contributed by atoms with Gasteiger partial charge in [-0.25, -0.2) is 4.98 Å². The Balaban J connectivity index is 1.74. The number of carbonyl (C=O) groups is 2. The summed E-state index contributed by atoms with van der Waals surface area (Å²) in [4.78, 5) is 33.0. The number of halogens is 1. The first-order chi connectivity index (χ1) is 17.3. The summed E-state index contributed by atoms with van der Waals surface area (Å²) in [5.41, 5.74) is 3.85. The number of aromatic nitrogens is 1. The third-order valence-corrected chi connectivity index (χ3v) is 7.33. The van der Waals surface area contributed by atoms with Gasteiger partial charge in [0.25, 0.3) is 5.78 Å². The maximum atomic E-state index is 13.5. The van der Waals surface area contributed by atoms with Crippen LogP contribution in [-0.4, -0.2) is 28.4 Å². The normalized spacial score (nSPS) is 17.2. The number of hydrogen-bond donors (Lipinski definition) is 1. The van der Waals surface area contributed by atoms with Crippen LogP contribution >= 0.6 is 22.9 Å². The molecule has 5 rings (SSSR count). The molecule has 8 heteroatoms. The number of aliphatic hydroxyl groups is 1. The second-order valence-electron chi connectivity index (χ2n) is 8.61. The van der Waals surface area contributed by atoms with Gasteiger partial charge in [0.05, 0.1) is 28.4 Å². The van der Waals surface area contributed by atoms with Crippen LogP contribution in [0.5, 0.6) is 5.75 Å². The molecule has 0 saturated carbocycles. The van der Waals surface area contributed by atoms with Crippen molar-refractivity contribution in [3.8, 4) is 5.75 Å². The van der Waals surface area contributed by atoms with Gasteiger partial charge in [-0.3, -0.25) is 14.5 Å². The fourth-order valence-electron chi connectivity index (χ4n) is 4.51. The Bertz CT molecular complexity index is 1540. The van der Waals surface area contributed by atoms with Crippen LogP contribution in [0.25, 0.3) is 16.0 Å². The van der Waals surface area contributed by atoms with Gasteiger partial charge in [-0.2, -0.15) is 0 Å². The Hall–Kier alpha value is -3.68. The van der Waals surface area contributed by atoms with Crippen molar-refractivity contribution in [2.24, 2.45) is 0 Å². The average molecular weight is 519 g/mol. The van der Waals surface area contributed by atoms with Gasteiger partial charge in [-0.05, 0) is 79.9 Å². The SMILES string of the molecule is CCOc1cccc(C2C(=C(O)c3ccc(Cl)cc3)C(=O)C(=O)N2c2nc3c(C)cc(C)cc3s2)c1. The van der Waals surface area contributed by atoms with Gasteiger partial charge in [-0.1, -0.05) is 41.1 Å². The molecular weight excluding hydrogens is 496 g/mol. The lowest BCUT2D eigenvalue weighted by Crippen LogP contribution is -2.29. The third-order valence-electron chi connectivity index (χ3n) is 6.07. The number of ketones is 1. The number of fused-ring (bicyclic) bond motifs is 1. The van der Waals surface area contributed by atoms with Crippen LogP contribution in [0.2, 0.25) is 5.02 Å². The topological polar surface area (TPSA) is 79.7 Å². The first kappa shape index (κ1) is 24.0. The van der Waals surface area contributed by atoms with E-state index in [9.17, 15) is 14.7 Å². The maximum Gasteiger partial charge on any atom is 0.301 e. The van der Waals surface area contributed by atoms with Gasteiger partial charge in [0.1, 0.15) is 11.5 Å². The molecule has 0 spiro atoms. The molecule has 0 radical (unpaired) electrons. The Morgan fingerprint density at radius 1 is 1.11 bits per heavy atom. The van der Waals surface area contributed by atoms with Crippen LogP contribution in [0.3, 0.4) is 0 Å². The smallest absolute Gasteiger partial charge is 0.301 e. The van der Waals surface area contributed by atoms with Crippen LogP contribution in [0.1, 0.15) is 35.2 Å². The largest absolute Gasteiger partial charge is 0.507 e. The van der Waals surface area contributed by atoms with E-state index in [1.165, 1.54) is 16.2 Å². The standard InChI is InChI=1S/C28H23ClN2O4S/c1-4-35-20-7-5-6-18(14-20)24-22(25(32)17-8-10-19(29)11-9-17)26(33)27(34)31(24)28-30-23-16(3)12-15(2)13-21(23)36-28/h5-14,24,32H,4H2,1-3H3. The van der Waals surface area contributed by atoms with E-state index in [1.807, 2.05) is 45.0 Å². The van der Waals surface area contributed by atoms with E-state index in [0.29, 0.717) is 33.6 Å². The van der Waals surface area contributed by atoms with Crippen LogP contribution in [0.4, 0.5) is 5.13 Å². The monoisotopic (exact) mass is 518 g/mol. The number of rotatable bonds is 5. The van der Waals surface area contributed by atoms with E-state index >= 15 is 0 Å². The summed E-state index contributed by atoms with van der Waals surface area (Å²) in [5, 5.41) is 12.2. The van der Waals surface area contributed by atoms with Crippen LogP contribution < -0.4 is 9.64 Å². The summed E-state index contributed by atoms with van der Waals surface area (Å²) >= 11 is 7.36.